The van der Waals surface area contributed by atoms with E-state index in [0.717, 1.165) is 12.1 Å². The zero-order chi connectivity index (χ0) is 21.9. The second kappa shape index (κ2) is 6.96. The number of aromatic nitrogens is 1. The highest BCUT2D eigenvalue weighted by Crippen LogP contribution is 2.56. The van der Waals surface area contributed by atoms with Gasteiger partial charge in [0.05, 0.1) is 6.61 Å². The molecule has 2 unspecified atom stereocenters. The molecule has 2 aliphatic heterocycles. The van der Waals surface area contributed by atoms with Crippen LogP contribution in [0.3, 0.4) is 0 Å². The lowest BCUT2D eigenvalue weighted by Gasteiger charge is -2.42. The van der Waals surface area contributed by atoms with Gasteiger partial charge in [0.25, 0.3) is 0 Å². The number of aliphatic hydroxyl groups is 1. The topological polar surface area (TPSA) is 37.6 Å². The number of hydrogen-bond acceptors (Lipinski definition) is 3. The number of hydrogen-bond donors (Lipinski definition) is 1. The van der Waals surface area contributed by atoms with Gasteiger partial charge >= 0.3 is 0 Å². The van der Waals surface area contributed by atoms with Crippen LogP contribution < -0.4 is 4.90 Å². The van der Waals surface area contributed by atoms with E-state index >= 15 is 0 Å². The third kappa shape index (κ3) is 2.45. The molecule has 0 aliphatic carbocycles. The summed E-state index contributed by atoms with van der Waals surface area (Å²) in [6, 6.07) is 23.7. The summed E-state index contributed by atoms with van der Waals surface area (Å²) in [7, 11) is 2.12. The van der Waals surface area contributed by atoms with E-state index in [1.807, 2.05) is 0 Å². The molecule has 162 valence electrons. The van der Waals surface area contributed by atoms with Gasteiger partial charge in [0, 0.05) is 53.1 Å². The molecule has 4 aromatic rings. The molecule has 1 saturated heterocycles. The van der Waals surface area contributed by atoms with Crippen molar-refractivity contribution in [1.82, 2.24) is 4.57 Å². The highest BCUT2D eigenvalue weighted by atomic mass is 16.5. The van der Waals surface area contributed by atoms with E-state index in [9.17, 15) is 5.11 Å². The minimum Gasteiger partial charge on any atom is -0.396 e. The molecule has 0 radical (unpaired) electrons. The Morgan fingerprint density at radius 1 is 1.00 bits per heavy atom. The zero-order valence-corrected chi connectivity index (χ0v) is 18.6. The lowest BCUT2D eigenvalue weighted by molar-refractivity contribution is -0.0153. The normalized spacial score (nSPS) is 24.7. The van der Waals surface area contributed by atoms with Crippen LogP contribution in [-0.2, 0) is 17.2 Å². The van der Waals surface area contributed by atoms with Crippen molar-refractivity contribution in [3.05, 3.63) is 83.9 Å². The maximum Gasteiger partial charge on any atom is 0.170 e. The molecule has 3 heterocycles. The number of fused-ring (bicyclic) bond motifs is 6. The Labute approximate surface area is 188 Å². The molecule has 1 aromatic heterocycles. The SMILES string of the molecule is Cn1c2ccccc2c2cc(/C=C/C34OCCN3c3ccccc3C4(C)CCO)ccc21. The van der Waals surface area contributed by atoms with E-state index in [2.05, 4.69) is 102 Å². The predicted octanol–water partition coefficient (Wildman–Crippen LogP) is 5.23. The summed E-state index contributed by atoms with van der Waals surface area (Å²) in [6.45, 7) is 3.89. The zero-order valence-electron chi connectivity index (χ0n) is 18.6. The van der Waals surface area contributed by atoms with Gasteiger partial charge in [-0.25, -0.2) is 0 Å². The van der Waals surface area contributed by atoms with E-state index in [-0.39, 0.29) is 12.0 Å². The molecule has 0 amide bonds. The van der Waals surface area contributed by atoms with E-state index in [0.29, 0.717) is 13.0 Å². The number of para-hydroxylation sites is 2. The van der Waals surface area contributed by atoms with Crippen molar-refractivity contribution in [3.63, 3.8) is 0 Å². The number of rotatable bonds is 4. The minimum atomic E-state index is -0.590. The summed E-state index contributed by atoms with van der Waals surface area (Å²) in [6.07, 6.45) is 5.07. The van der Waals surface area contributed by atoms with E-state index in [1.54, 1.807) is 0 Å². The summed E-state index contributed by atoms with van der Waals surface area (Å²) in [4.78, 5) is 2.38. The predicted molar refractivity (Wildman–Crippen MR) is 131 cm³/mol. The first kappa shape index (κ1) is 19.6. The fraction of sp³-hybridized carbons (Fsp3) is 0.286. The average molecular weight is 425 g/mol. The molecule has 4 heteroatoms. The van der Waals surface area contributed by atoms with Crippen LogP contribution in [0.2, 0.25) is 0 Å². The highest BCUT2D eigenvalue weighted by molar-refractivity contribution is 6.08. The smallest absolute Gasteiger partial charge is 0.170 e. The van der Waals surface area contributed by atoms with Gasteiger partial charge in [0.1, 0.15) is 0 Å². The molecule has 32 heavy (non-hydrogen) atoms. The molecule has 0 saturated carbocycles. The average Bonchev–Trinajstić information content (AvgIpc) is 3.44. The van der Waals surface area contributed by atoms with Gasteiger partial charge in [-0.15, -0.1) is 0 Å². The molecule has 2 atom stereocenters. The van der Waals surface area contributed by atoms with Crippen molar-refractivity contribution in [2.75, 3.05) is 24.7 Å². The Balaban J connectivity index is 1.48. The molecule has 1 N–H and O–H groups in total. The van der Waals surface area contributed by atoms with Crippen molar-refractivity contribution < 1.29 is 9.84 Å². The highest BCUT2D eigenvalue weighted by Gasteiger charge is 2.60. The molecule has 6 rings (SSSR count). The van der Waals surface area contributed by atoms with Crippen LogP contribution in [0.5, 0.6) is 0 Å². The van der Waals surface area contributed by atoms with Gasteiger partial charge in [0.2, 0.25) is 0 Å². The number of benzene rings is 3. The van der Waals surface area contributed by atoms with Crippen molar-refractivity contribution in [2.24, 2.45) is 7.05 Å². The number of nitrogens with zero attached hydrogens (tertiary/aromatic N) is 2. The second-order valence-corrected chi connectivity index (χ2v) is 9.21. The third-order valence-electron chi connectivity index (χ3n) is 7.67. The van der Waals surface area contributed by atoms with Gasteiger partial charge < -0.3 is 19.3 Å². The summed E-state index contributed by atoms with van der Waals surface area (Å²) >= 11 is 0. The lowest BCUT2D eigenvalue weighted by Crippen LogP contribution is -2.53. The molecule has 3 aromatic carbocycles. The van der Waals surface area contributed by atoms with Crippen molar-refractivity contribution in [2.45, 2.75) is 24.5 Å². The second-order valence-electron chi connectivity index (χ2n) is 9.21. The fourth-order valence-corrected chi connectivity index (χ4v) is 6.02. The van der Waals surface area contributed by atoms with Gasteiger partial charge in [-0.2, -0.15) is 0 Å². The first-order valence-electron chi connectivity index (χ1n) is 11.4. The number of aryl methyl sites for hydroxylation is 1. The van der Waals surface area contributed by atoms with Crippen LogP contribution in [0.4, 0.5) is 5.69 Å². The first-order chi connectivity index (χ1) is 15.6. The molecule has 4 nitrogen and oxygen atoms in total. The summed E-state index contributed by atoms with van der Waals surface area (Å²) in [5.74, 6) is 0. The van der Waals surface area contributed by atoms with Crippen molar-refractivity contribution in [3.8, 4) is 0 Å². The van der Waals surface area contributed by atoms with Crippen molar-refractivity contribution in [1.29, 1.82) is 0 Å². The Morgan fingerprint density at radius 3 is 2.66 bits per heavy atom. The van der Waals surface area contributed by atoms with E-state index < -0.39 is 5.72 Å². The van der Waals surface area contributed by atoms with Crippen LogP contribution in [0.25, 0.3) is 27.9 Å². The molecule has 2 aliphatic rings. The fourth-order valence-electron chi connectivity index (χ4n) is 6.02. The number of aliphatic hydroxyl groups excluding tert-OH is 1. The van der Waals surface area contributed by atoms with Gasteiger partial charge in [0.15, 0.2) is 5.72 Å². The van der Waals surface area contributed by atoms with Crippen LogP contribution >= 0.6 is 0 Å². The molecule has 0 spiro atoms. The molecular formula is C28H28N2O2. The van der Waals surface area contributed by atoms with Crippen LogP contribution in [-0.4, -0.2) is 35.2 Å². The Bertz CT molecular complexity index is 1370. The summed E-state index contributed by atoms with van der Waals surface area (Å²) in [5.41, 5.74) is 5.19. The minimum absolute atomic E-state index is 0.125. The molecule has 1 fully saturated rings. The Morgan fingerprint density at radius 2 is 1.78 bits per heavy atom. The van der Waals surface area contributed by atoms with Crippen LogP contribution in [0.15, 0.2) is 72.8 Å². The van der Waals surface area contributed by atoms with Gasteiger partial charge in [-0.3, -0.25) is 0 Å². The monoisotopic (exact) mass is 424 g/mol. The molecule has 0 bridgehead atoms. The maximum absolute atomic E-state index is 9.96. The van der Waals surface area contributed by atoms with Crippen LogP contribution in [0, 0.1) is 0 Å². The first-order valence-corrected chi connectivity index (χ1v) is 11.4. The van der Waals surface area contributed by atoms with Gasteiger partial charge in [-0.1, -0.05) is 55.5 Å². The van der Waals surface area contributed by atoms with Crippen molar-refractivity contribution >= 4 is 33.6 Å². The number of ether oxygens (including phenoxy) is 1. The third-order valence-corrected chi connectivity index (χ3v) is 7.67. The summed E-state index contributed by atoms with van der Waals surface area (Å²) in [5, 5.41) is 12.5. The Hall–Kier alpha value is -3.08. The van der Waals surface area contributed by atoms with E-state index in [1.165, 1.54) is 33.1 Å². The Kier molecular flexibility index (Phi) is 4.26. The largest absolute Gasteiger partial charge is 0.396 e. The lowest BCUT2D eigenvalue weighted by atomic mass is 9.73. The van der Waals surface area contributed by atoms with E-state index in [4.69, 9.17) is 4.74 Å². The standard InChI is InChI=1S/C28H28N2O2/c1-27(15-17-31)23-8-4-6-10-26(23)30-16-18-32-28(27,30)14-13-20-11-12-25-22(19-20)21-7-3-5-9-24(21)29(25)2/h3-14,19,31H,15-18H2,1-2H3/b14-13+. The van der Waals surface area contributed by atoms with Crippen LogP contribution in [0.1, 0.15) is 24.5 Å². The maximum atomic E-state index is 9.96. The summed E-state index contributed by atoms with van der Waals surface area (Å²) < 4.78 is 8.78. The van der Waals surface area contributed by atoms with Gasteiger partial charge in [-0.05, 0) is 47.9 Å². The number of anilines is 1. The molecular weight excluding hydrogens is 396 g/mol. The quantitative estimate of drug-likeness (QED) is 0.487.